The average Bonchev–Trinajstić information content (AvgIpc) is 3.15. The normalized spacial score (nSPS) is 14.4. The van der Waals surface area contributed by atoms with Gasteiger partial charge in [-0.2, -0.15) is 5.10 Å². The summed E-state index contributed by atoms with van der Waals surface area (Å²) < 4.78 is 1.77. The zero-order chi connectivity index (χ0) is 17.7. The van der Waals surface area contributed by atoms with Crippen molar-refractivity contribution in [3.05, 3.63) is 34.8 Å². The van der Waals surface area contributed by atoms with Crippen molar-refractivity contribution in [1.29, 1.82) is 0 Å². The van der Waals surface area contributed by atoms with Crippen LogP contribution in [-0.2, 0) is 7.05 Å². The number of carbonyl (C=O) groups excluding carboxylic acids is 1. The molecule has 1 fully saturated rings. The fourth-order valence-corrected chi connectivity index (χ4v) is 4.16. The van der Waals surface area contributed by atoms with E-state index in [2.05, 4.69) is 18.9 Å². The van der Waals surface area contributed by atoms with Crippen LogP contribution in [0.25, 0.3) is 21.6 Å². The van der Waals surface area contributed by atoms with Crippen molar-refractivity contribution in [2.24, 2.45) is 7.05 Å². The van der Waals surface area contributed by atoms with Gasteiger partial charge in [-0.25, -0.2) is 4.98 Å². The van der Waals surface area contributed by atoms with Gasteiger partial charge in [0.2, 0.25) is 0 Å². The average molecular weight is 354 g/mol. The fraction of sp³-hybridized carbons (Fsp3) is 0.421. The van der Waals surface area contributed by atoms with E-state index in [0.29, 0.717) is 6.04 Å². The van der Waals surface area contributed by atoms with Crippen LogP contribution in [0.3, 0.4) is 0 Å². The summed E-state index contributed by atoms with van der Waals surface area (Å²) in [6.07, 6.45) is 2.20. The van der Waals surface area contributed by atoms with Gasteiger partial charge in [-0.3, -0.25) is 9.48 Å². The van der Waals surface area contributed by atoms with Crippen molar-refractivity contribution >= 4 is 28.3 Å². The van der Waals surface area contributed by atoms with Gasteiger partial charge < -0.3 is 4.90 Å². The number of aryl methyl sites for hydroxylation is 2. The molecule has 130 valence electrons. The Balaban J connectivity index is 1.93. The molecule has 25 heavy (non-hydrogen) atoms. The Morgan fingerprint density at radius 2 is 2.16 bits per heavy atom. The molecule has 6 heteroatoms. The first kappa shape index (κ1) is 16.3. The number of rotatable bonds is 4. The summed E-state index contributed by atoms with van der Waals surface area (Å²) in [4.78, 5) is 21.3. The van der Waals surface area contributed by atoms with Crippen LogP contribution in [0.15, 0.2) is 23.6 Å². The Labute approximate surface area is 151 Å². The van der Waals surface area contributed by atoms with Crippen LogP contribution < -0.4 is 0 Å². The second kappa shape index (κ2) is 5.95. The molecule has 0 bridgehead atoms. The van der Waals surface area contributed by atoms with Gasteiger partial charge in [-0.15, -0.1) is 11.3 Å². The molecule has 0 radical (unpaired) electrons. The number of carbonyl (C=O) groups is 1. The predicted octanol–water partition coefficient (Wildman–Crippen LogP) is 4.02. The molecule has 1 aliphatic rings. The molecule has 0 aromatic carbocycles. The molecule has 0 atom stereocenters. The van der Waals surface area contributed by atoms with E-state index in [-0.39, 0.29) is 11.9 Å². The Kier molecular flexibility index (Phi) is 3.87. The first-order chi connectivity index (χ1) is 12.0. The molecular weight excluding hydrogens is 332 g/mol. The number of hydrogen-bond donors (Lipinski definition) is 0. The number of hydrogen-bond acceptors (Lipinski definition) is 4. The largest absolute Gasteiger partial charge is 0.333 e. The number of nitrogens with zero attached hydrogens (tertiary/aromatic N) is 4. The zero-order valence-electron chi connectivity index (χ0n) is 15.0. The van der Waals surface area contributed by atoms with Crippen molar-refractivity contribution in [2.75, 3.05) is 0 Å². The van der Waals surface area contributed by atoms with E-state index in [1.165, 1.54) is 0 Å². The van der Waals surface area contributed by atoms with E-state index in [4.69, 9.17) is 4.98 Å². The van der Waals surface area contributed by atoms with Gasteiger partial charge in [-0.1, -0.05) is 6.07 Å². The highest BCUT2D eigenvalue weighted by Crippen LogP contribution is 2.34. The molecule has 0 aliphatic heterocycles. The quantitative estimate of drug-likeness (QED) is 0.711. The third-order valence-electron chi connectivity index (χ3n) is 4.70. The predicted molar refractivity (Wildman–Crippen MR) is 101 cm³/mol. The monoisotopic (exact) mass is 354 g/mol. The lowest BCUT2D eigenvalue weighted by atomic mass is 10.1. The molecular formula is C19H22N4OS. The standard InChI is InChI=1S/C19H22N4OS/c1-11(2)23(13-7-8-13)19(24)14-10-15(16-6-5-9-25-16)20-18-17(14)12(3)21-22(18)4/h5-6,9-11,13H,7-8H2,1-4H3. The molecule has 3 heterocycles. The molecule has 0 N–H and O–H groups in total. The smallest absolute Gasteiger partial charge is 0.255 e. The maximum Gasteiger partial charge on any atom is 0.255 e. The Hall–Kier alpha value is -2.21. The van der Waals surface area contributed by atoms with E-state index >= 15 is 0 Å². The lowest BCUT2D eigenvalue weighted by Gasteiger charge is -2.27. The van der Waals surface area contributed by atoms with Crippen molar-refractivity contribution < 1.29 is 4.79 Å². The van der Waals surface area contributed by atoms with Crippen molar-refractivity contribution in [3.63, 3.8) is 0 Å². The minimum atomic E-state index is 0.0961. The number of amides is 1. The second-order valence-electron chi connectivity index (χ2n) is 6.98. The molecule has 0 saturated heterocycles. The molecule has 4 rings (SSSR count). The van der Waals surface area contributed by atoms with Gasteiger partial charge in [0.25, 0.3) is 5.91 Å². The van der Waals surface area contributed by atoms with Gasteiger partial charge in [0, 0.05) is 19.1 Å². The summed E-state index contributed by atoms with van der Waals surface area (Å²) >= 11 is 1.63. The molecule has 3 aromatic heterocycles. The Morgan fingerprint density at radius 1 is 1.40 bits per heavy atom. The van der Waals surface area contributed by atoms with Crippen LogP contribution in [0.1, 0.15) is 42.7 Å². The third kappa shape index (κ3) is 2.74. The lowest BCUT2D eigenvalue weighted by molar-refractivity contribution is 0.0692. The van der Waals surface area contributed by atoms with E-state index in [0.717, 1.165) is 45.7 Å². The van der Waals surface area contributed by atoms with E-state index in [1.807, 2.05) is 42.5 Å². The van der Waals surface area contributed by atoms with Gasteiger partial charge in [0.05, 0.1) is 27.2 Å². The van der Waals surface area contributed by atoms with Crippen molar-refractivity contribution in [1.82, 2.24) is 19.7 Å². The highest BCUT2D eigenvalue weighted by molar-refractivity contribution is 7.13. The SMILES string of the molecule is Cc1nn(C)c2nc(-c3cccs3)cc(C(=O)N(C(C)C)C3CC3)c12. The molecule has 0 unspecified atom stereocenters. The molecule has 5 nitrogen and oxygen atoms in total. The van der Waals surface area contributed by atoms with Crippen LogP contribution in [0, 0.1) is 6.92 Å². The summed E-state index contributed by atoms with van der Waals surface area (Å²) in [5, 5.41) is 7.41. The number of pyridine rings is 1. The second-order valence-corrected chi connectivity index (χ2v) is 7.93. The maximum absolute atomic E-state index is 13.4. The lowest BCUT2D eigenvalue weighted by Crippen LogP contribution is -2.38. The summed E-state index contributed by atoms with van der Waals surface area (Å²) in [6.45, 7) is 6.12. The van der Waals surface area contributed by atoms with E-state index < -0.39 is 0 Å². The summed E-state index contributed by atoms with van der Waals surface area (Å²) in [5.74, 6) is 0.0961. The summed E-state index contributed by atoms with van der Waals surface area (Å²) in [7, 11) is 1.88. The molecule has 1 aliphatic carbocycles. The van der Waals surface area contributed by atoms with Gasteiger partial charge in [0.1, 0.15) is 0 Å². The van der Waals surface area contributed by atoms with Gasteiger partial charge in [0.15, 0.2) is 5.65 Å². The summed E-state index contributed by atoms with van der Waals surface area (Å²) in [6, 6.07) is 6.55. The van der Waals surface area contributed by atoms with Gasteiger partial charge >= 0.3 is 0 Å². The molecule has 1 saturated carbocycles. The maximum atomic E-state index is 13.4. The van der Waals surface area contributed by atoms with E-state index in [1.54, 1.807) is 16.0 Å². The van der Waals surface area contributed by atoms with E-state index in [9.17, 15) is 4.79 Å². The number of thiophene rings is 1. The first-order valence-corrected chi connectivity index (χ1v) is 9.56. The molecule has 1 amide bonds. The minimum absolute atomic E-state index is 0.0961. The van der Waals surface area contributed by atoms with Crippen LogP contribution in [0.2, 0.25) is 0 Å². The van der Waals surface area contributed by atoms with Crippen molar-refractivity contribution in [3.8, 4) is 10.6 Å². The highest BCUT2D eigenvalue weighted by Gasteiger charge is 2.36. The highest BCUT2D eigenvalue weighted by atomic mass is 32.1. The van der Waals surface area contributed by atoms with Crippen LogP contribution >= 0.6 is 11.3 Å². The third-order valence-corrected chi connectivity index (χ3v) is 5.60. The fourth-order valence-electron chi connectivity index (χ4n) is 3.48. The van der Waals surface area contributed by atoms with Crippen LogP contribution in [0.4, 0.5) is 0 Å². The first-order valence-electron chi connectivity index (χ1n) is 8.68. The van der Waals surface area contributed by atoms with Crippen LogP contribution in [0.5, 0.6) is 0 Å². The topological polar surface area (TPSA) is 51.0 Å². The zero-order valence-corrected chi connectivity index (χ0v) is 15.8. The number of aromatic nitrogens is 3. The van der Waals surface area contributed by atoms with Crippen molar-refractivity contribution in [2.45, 2.75) is 45.7 Å². The number of fused-ring (bicyclic) bond motifs is 1. The molecule has 3 aromatic rings. The Bertz CT molecular complexity index is 936. The van der Waals surface area contributed by atoms with Gasteiger partial charge in [-0.05, 0) is 51.1 Å². The summed E-state index contributed by atoms with van der Waals surface area (Å²) in [5.41, 5.74) is 3.18. The van der Waals surface area contributed by atoms with Crippen LogP contribution in [-0.4, -0.2) is 37.7 Å². The minimum Gasteiger partial charge on any atom is -0.333 e. The molecule has 0 spiro atoms. The Morgan fingerprint density at radius 3 is 2.76 bits per heavy atom.